The molecule has 0 saturated carbocycles. The first-order chi connectivity index (χ1) is 9.46. The van der Waals surface area contributed by atoms with Crippen molar-refractivity contribution in [2.45, 2.75) is 46.1 Å². The van der Waals surface area contributed by atoms with Crippen LogP contribution in [0.4, 0.5) is 0 Å². The largest absolute Gasteiger partial charge is 0.350 e. The Labute approximate surface area is 123 Å². The molecule has 3 nitrogen and oxygen atoms in total. The molecular formula is C17H28N2O. The van der Waals surface area contributed by atoms with Crippen molar-refractivity contribution in [3.8, 4) is 0 Å². The number of carbonyl (C=O) groups is 1. The molecule has 0 spiro atoms. The van der Waals surface area contributed by atoms with Crippen LogP contribution in [-0.4, -0.2) is 36.0 Å². The molecule has 20 heavy (non-hydrogen) atoms. The lowest BCUT2D eigenvalue weighted by Crippen LogP contribution is -2.48. The summed E-state index contributed by atoms with van der Waals surface area (Å²) < 4.78 is 0. The molecule has 1 N–H and O–H groups in total. The first-order valence-corrected chi connectivity index (χ1v) is 7.54. The van der Waals surface area contributed by atoms with Crippen molar-refractivity contribution in [2.75, 3.05) is 19.6 Å². The molecule has 0 aliphatic carbocycles. The van der Waals surface area contributed by atoms with Crippen LogP contribution in [0.5, 0.6) is 0 Å². The van der Waals surface area contributed by atoms with E-state index in [2.05, 4.69) is 62.2 Å². The van der Waals surface area contributed by atoms with E-state index >= 15 is 0 Å². The number of nitrogens with one attached hydrogen (secondary N) is 1. The molecule has 112 valence electrons. The fourth-order valence-corrected chi connectivity index (χ4v) is 2.23. The Morgan fingerprint density at radius 3 is 2.30 bits per heavy atom. The zero-order valence-corrected chi connectivity index (χ0v) is 13.3. The Bertz CT molecular complexity index is 397. The monoisotopic (exact) mass is 276 g/mol. The molecule has 3 heteroatoms. The standard InChI is InChI=1S/C17H28N2O/c1-5-19(6-2)14-16(20)18-17(3,4)13-12-15-10-8-7-9-11-15/h7-11H,5-6,12-14H2,1-4H3,(H,18,20). The van der Waals surface area contributed by atoms with E-state index < -0.39 is 0 Å². The molecule has 1 rings (SSSR count). The maximum Gasteiger partial charge on any atom is 0.234 e. The highest BCUT2D eigenvalue weighted by atomic mass is 16.2. The number of aryl methyl sites for hydroxylation is 1. The Hall–Kier alpha value is -1.35. The van der Waals surface area contributed by atoms with Gasteiger partial charge in [0.25, 0.3) is 0 Å². The van der Waals surface area contributed by atoms with E-state index in [4.69, 9.17) is 0 Å². The van der Waals surface area contributed by atoms with Crippen molar-refractivity contribution in [3.05, 3.63) is 35.9 Å². The topological polar surface area (TPSA) is 32.3 Å². The molecule has 0 radical (unpaired) electrons. The molecule has 0 fully saturated rings. The minimum absolute atomic E-state index is 0.117. The maximum atomic E-state index is 12.0. The van der Waals surface area contributed by atoms with Crippen LogP contribution in [-0.2, 0) is 11.2 Å². The Morgan fingerprint density at radius 1 is 1.15 bits per heavy atom. The number of hydrogen-bond donors (Lipinski definition) is 1. The van der Waals surface area contributed by atoms with E-state index in [-0.39, 0.29) is 11.4 Å². The van der Waals surface area contributed by atoms with Gasteiger partial charge in [0, 0.05) is 5.54 Å². The van der Waals surface area contributed by atoms with Gasteiger partial charge in [0.05, 0.1) is 6.54 Å². The van der Waals surface area contributed by atoms with Gasteiger partial charge in [-0.15, -0.1) is 0 Å². The summed E-state index contributed by atoms with van der Waals surface area (Å²) in [6.07, 6.45) is 1.93. The quantitative estimate of drug-likeness (QED) is 0.792. The number of nitrogens with zero attached hydrogens (tertiary/aromatic N) is 1. The van der Waals surface area contributed by atoms with E-state index in [0.29, 0.717) is 6.54 Å². The van der Waals surface area contributed by atoms with Gasteiger partial charge in [-0.1, -0.05) is 44.2 Å². The van der Waals surface area contributed by atoms with E-state index in [9.17, 15) is 4.79 Å². The predicted molar refractivity (Wildman–Crippen MR) is 84.8 cm³/mol. The molecule has 0 unspecified atom stereocenters. The predicted octanol–water partition coefficient (Wildman–Crippen LogP) is 2.86. The summed E-state index contributed by atoms with van der Waals surface area (Å²) in [6, 6.07) is 10.4. The van der Waals surface area contributed by atoms with E-state index in [0.717, 1.165) is 25.9 Å². The molecule has 0 heterocycles. The average Bonchev–Trinajstić information content (AvgIpc) is 2.43. The smallest absolute Gasteiger partial charge is 0.234 e. The summed E-state index contributed by atoms with van der Waals surface area (Å²) in [5, 5.41) is 3.15. The van der Waals surface area contributed by atoms with Gasteiger partial charge in [-0.2, -0.15) is 0 Å². The van der Waals surface area contributed by atoms with Crippen LogP contribution in [0.25, 0.3) is 0 Å². The van der Waals surface area contributed by atoms with Crippen molar-refractivity contribution in [3.63, 3.8) is 0 Å². The summed E-state index contributed by atoms with van der Waals surface area (Å²) >= 11 is 0. The van der Waals surface area contributed by atoms with Crippen LogP contribution >= 0.6 is 0 Å². The van der Waals surface area contributed by atoms with E-state index in [1.165, 1.54) is 5.56 Å². The highest BCUT2D eigenvalue weighted by Gasteiger charge is 2.20. The second kappa shape index (κ2) is 8.05. The second-order valence-corrected chi connectivity index (χ2v) is 5.88. The fourth-order valence-electron chi connectivity index (χ4n) is 2.23. The maximum absolute atomic E-state index is 12.0. The average molecular weight is 276 g/mol. The summed E-state index contributed by atoms with van der Waals surface area (Å²) in [4.78, 5) is 14.2. The molecular weight excluding hydrogens is 248 g/mol. The molecule has 0 saturated heterocycles. The first-order valence-electron chi connectivity index (χ1n) is 7.54. The third kappa shape index (κ3) is 6.20. The summed E-state index contributed by atoms with van der Waals surface area (Å²) in [5.74, 6) is 0.117. The van der Waals surface area contributed by atoms with Crippen LogP contribution in [0.1, 0.15) is 39.7 Å². The highest BCUT2D eigenvalue weighted by Crippen LogP contribution is 2.13. The lowest BCUT2D eigenvalue weighted by molar-refractivity contribution is -0.123. The lowest BCUT2D eigenvalue weighted by Gasteiger charge is -2.28. The van der Waals surface area contributed by atoms with E-state index in [1.54, 1.807) is 0 Å². The van der Waals surface area contributed by atoms with Crippen LogP contribution in [0.2, 0.25) is 0 Å². The molecule has 0 atom stereocenters. The molecule has 0 aliphatic rings. The fraction of sp³-hybridized carbons (Fsp3) is 0.588. The van der Waals surface area contributed by atoms with Gasteiger partial charge in [-0.3, -0.25) is 9.69 Å². The van der Waals surface area contributed by atoms with Gasteiger partial charge in [0.15, 0.2) is 0 Å². The molecule has 1 amide bonds. The van der Waals surface area contributed by atoms with Gasteiger partial charge in [-0.25, -0.2) is 0 Å². The number of amides is 1. The van der Waals surface area contributed by atoms with Crippen molar-refractivity contribution in [2.24, 2.45) is 0 Å². The summed E-state index contributed by atoms with van der Waals surface area (Å²) in [7, 11) is 0. The molecule has 1 aromatic carbocycles. The Kier molecular flexibility index (Phi) is 6.73. The Morgan fingerprint density at radius 2 is 1.75 bits per heavy atom. The van der Waals surface area contributed by atoms with Gasteiger partial charge >= 0.3 is 0 Å². The summed E-state index contributed by atoms with van der Waals surface area (Å²) in [6.45, 7) is 10.7. The van der Waals surface area contributed by atoms with Crippen LogP contribution in [0, 0.1) is 0 Å². The highest BCUT2D eigenvalue weighted by molar-refractivity contribution is 5.78. The lowest BCUT2D eigenvalue weighted by atomic mass is 9.95. The minimum atomic E-state index is -0.167. The van der Waals surface area contributed by atoms with Gasteiger partial charge in [0.2, 0.25) is 5.91 Å². The SMILES string of the molecule is CCN(CC)CC(=O)NC(C)(C)CCc1ccccc1. The van der Waals surface area contributed by atoms with Crippen molar-refractivity contribution >= 4 is 5.91 Å². The van der Waals surface area contributed by atoms with Crippen molar-refractivity contribution in [1.82, 2.24) is 10.2 Å². The van der Waals surface area contributed by atoms with Crippen LogP contribution < -0.4 is 5.32 Å². The van der Waals surface area contributed by atoms with Gasteiger partial charge < -0.3 is 5.32 Å². The first kappa shape index (κ1) is 16.7. The summed E-state index contributed by atoms with van der Waals surface area (Å²) in [5.41, 5.74) is 1.15. The number of benzene rings is 1. The molecule has 0 aliphatic heterocycles. The van der Waals surface area contributed by atoms with E-state index in [1.807, 2.05) is 6.07 Å². The third-order valence-electron chi connectivity index (χ3n) is 3.62. The third-order valence-corrected chi connectivity index (χ3v) is 3.62. The van der Waals surface area contributed by atoms with Crippen LogP contribution in [0.3, 0.4) is 0 Å². The zero-order valence-electron chi connectivity index (χ0n) is 13.3. The molecule has 0 aromatic heterocycles. The zero-order chi connectivity index (χ0) is 15.0. The number of rotatable bonds is 8. The minimum Gasteiger partial charge on any atom is -0.350 e. The van der Waals surface area contributed by atoms with Gasteiger partial charge in [0.1, 0.15) is 0 Å². The van der Waals surface area contributed by atoms with Gasteiger partial charge in [-0.05, 0) is 45.3 Å². The Balaban J connectivity index is 2.42. The molecule has 1 aromatic rings. The number of likely N-dealkylation sites (N-methyl/N-ethyl adjacent to an activating group) is 1. The van der Waals surface area contributed by atoms with Crippen molar-refractivity contribution < 1.29 is 4.79 Å². The van der Waals surface area contributed by atoms with Crippen LogP contribution in [0.15, 0.2) is 30.3 Å². The number of carbonyl (C=O) groups excluding carboxylic acids is 1. The molecule has 0 bridgehead atoms. The normalized spacial score (nSPS) is 11.7. The number of hydrogen-bond acceptors (Lipinski definition) is 2. The second-order valence-electron chi connectivity index (χ2n) is 5.88. The van der Waals surface area contributed by atoms with Crippen molar-refractivity contribution in [1.29, 1.82) is 0 Å².